The molecule has 0 unspecified atom stereocenters. The molecule has 2 amide bonds. The van der Waals surface area contributed by atoms with Crippen molar-refractivity contribution in [1.29, 1.82) is 5.26 Å². The van der Waals surface area contributed by atoms with Crippen LogP contribution in [0.25, 0.3) is 0 Å². The van der Waals surface area contributed by atoms with Crippen molar-refractivity contribution in [2.45, 2.75) is 32.1 Å². The number of hydrogen-bond donors (Lipinski definition) is 1. The number of rotatable bonds is 6. The second-order valence-corrected chi connectivity index (χ2v) is 7.62. The van der Waals surface area contributed by atoms with Crippen molar-refractivity contribution in [1.82, 2.24) is 10.2 Å². The van der Waals surface area contributed by atoms with E-state index in [9.17, 15) is 9.59 Å². The average Bonchev–Trinajstić information content (AvgIpc) is 2.78. The van der Waals surface area contributed by atoms with Crippen LogP contribution in [-0.2, 0) is 17.6 Å². The molecule has 5 nitrogen and oxygen atoms in total. The van der Waals surface area contributed by atoms with Gasteiger partial charge in [0.15, 0.2) is 0 Å². The highest BCUT2D eigenvalue weighted by Gasteiger charge is 2.23. The summed E-state index contributed by atoms with van der Waals surface area (Å²) in [5.41, 5.74) is 3.71. The van der Waals surface area contributed by atoms with Crippen LogP contribution >= 0.6 is 0 Å². The number of aryl methyl sites for hydroxylation is 1. The Morgan fingerprint density at radius 3 is 2.24 bits per heavy atom. The van der Waals surface area contributed by atoms with E-state index >= 15 is 0 Å². The monoisotopic (exact) mass is 389 g/mol. The molecule has 2 aromatic carbocycles. The Morgan fingerprint density at radius 1 is 1.03 bits per heavy atom. The summed E-state index contributed by atoms with van der Waals surface area (Å²) in [6.07, 6.45) is 4.30. The Labute approximate surface area is 172 Å². The van der Waals surface area contributed by atoms with Gasteiger partial charge in [-0.25, -0.2) is 0 Å². The fourth-order valence-electron chi connectivity index (χ4n) is 3.77. The first kappa shape index (κ1) is 20.6. The Hall–Kier alpha value is -3.13. The van der Waals surface area contributed by atoms with E-state index in [2.05, 4.69) is 35.7 Å². The molecule has 1 aliphatic heterocycles. The number of nitriles is 1. The predicted octanol–water partition coefficient (Wildman–Crippen LogP) is 3.33. The number of likely N-dealkylation sites (tertiary alicyclic amines) is 1. The van der Waals surface area contributed by atoms with Gasteiger partial charge in [0.25, 0.3) is 5.91 Å². The smallest absolute Gasteiger partial charge is 0.253 e. The molecule has 150 valence electrons. The number of carbonyl (C=O) groups excluding carboxylic acids is 2. The maximum Gasteiger partial charge on any atom is 0.253 e. The Bertz CT molecular complexity index is 874. The molecule has 29 heavy (non-hydrogen) atoms. The van der Waals surface area contributed by atoms with E-state index in [1.165, 1.54) is 11.1 Å². The summed E-state index contributed by atoms with van der Waals surface area (Å²) >= 11 is 0. The van der Waals surface area contributed by atoms with Crippen LogP contribution in [0.3, 0.4) is 0 Å². The van der Waals surface area contributed by atoms with Gasteiger partial charge < -0.3 is 10.2 Å². The third-order valence-corrected chi connectivity index (χ3v) is 5.63. The molecule has 0 atom stereocenters. The molecule has 1 aliphatic rings. The highest BCUT2D eigenvalue weighted by Crippen LogP contribution is 2.23. The van der Waals surface area contributed by atoms with Crippen molar-refractivity contribution in [3.63, 3.8) is 0 Å². The van der Waals surface area contributed by atoms with Crippen LogP contribution in [0.15, 0.2) is 48.5 Å². The molecule has 1 heterocycles. The zero-order valence-electron chi connectivity index (χ0n) is 16.9. The Morgan fingerprint density at radius 2 is 1.66 bits per heavy atom. The topological polar surface area (TPSA) is 73.2 Å². The lowest BCUT2D eigenvalue weighted by Gasteiger charge is -2.32. The number of carbonyl (C=O) groups is 2. The molecule has 0 aliphatic carbocycles. The summed E-state index contributed by atoms with van der Waals surface area (Å²) < 4.78 is 0. The van der Waals surface area contributed by atoms with Crippen LogP contribution < -0.4 is 5.32 Å². The predicted molar refractivity (Wildman–Crippen MR) is 112 cm³/mol. The lowest BCUT2D eigenvalue weighted by molar-refractivity contribution is -0.120. The first-order valence-corrected chi connectivity index (χ1v) is 10.2. The largest absolute Gasteiger partial charge is 0.359 e. The fraction of sp³-hybridized carbons (Fsp3) is 0.375. The number of hydrogen-bond acceptors (Lipinski definition) is 3. The van der Waals surface area contributed by atoms with Gasteiger partial charge >= 0.3 is 0 Å². The van der Waals surface area contributed by atoms with E-state index in [1.54, 1.807) is 31.3 Å². The lowest BCUT2D eigenvalue weighted by Crippen LogP contribution is -2.38. The van der Waals surface area contributed by atoms with E-state index in [4.69, 9.17) is 5.26 Å². The van der Waals surface area contributed by atoms with E-state index in [-0.39, 0.29) is 11.8 Å². The molecule has 0 radical (unpaired) electrons. The van der Waals surface area contributed by atoms with E-state index < -0.39 is 0 Å². The highest BCUT2D eigenvalue weighted by atomic mass is 16.2. The molecule has 3 rings (SSSR count). The fourth-order valence-corrected chi connectivity index (χ4v) is 3.77. The summed E-state index contributed by atoms with van der Waals surface area (Å²) in [7, 11) is 1.66. The van der Waals surface area contributed by atoms with Gasteiger partial charge in [-0.15, -0.1) is 0 Å². The van der Waals surface area contributed by atoms with E-state index in [0.717, 1.165) is 38.8 Å². The zero-order valence-corrected chi connectivity index (χ0v) is 16.9. The van der Waals surface area contributed by atoms with Gasteiger partial charge in [0.05, 0.1) is 11.6 Å². The van der Waals surface area contributed by atoms with Gasteiger partial charge in [-0.1, -0.05) is 24.3 Å². The number of nitrogens with zero attached hydrogens (tertiary/aromatic N) is 2. The second-order valence-electron chi connectivity index (χ2n) is 7.62. The SMILES string of the molecule is CNC(=O)CCc1ccc(CC2CCN(C(=O)c3ccc(C#N)cc3)CC2)cc1. The zero-order chi connectivity index (χ0) is 20.6. The number of nitrogens with one attached hydrogen (secondary N) is 1. The van der Waals surface area contributed by atoms with Crippen LogP contribution in [0.4, 0.5) is 0 Å². The summed E-state index contributed by atoms with van der Waals surface area (Å²) in [6.45, 7) is 1.54. The first-order chi connectivity index (χ1) is 14.1. The van der Waals surface area contributed by atoms with Gasteiger partial charge in [0, 0.05) is 32.1 Å². The quantitative estimate of drug-likeness (QED) is 0.824. The van der Waals surface area contributed by atoms with Crippen molar-refractivity contribution in [3.05, 3.63) is 70.8 Å². The van der Waals surface area contributed by atoms with Crippen LogP contribution in [0.1, 0.15) is 46.3 Å². The Kier molecular flexibility index (Phi) is 7.02. The van der Waals surface area contributed by atoms with Gasteiger partial charge in [0.1, 0.15) is 0 Å². The second kappa shape index (κ2) is 9.88. The average molecular weight is 389 g/mol. The van der Waals surface area contributed by atoms with Crippen LogP contribution in [0, 0.1) is 17.2 Å². The highest BCUT2D eigenvalue weighted by molar-refractivity contribution is 5.94. The number of piperidine rings is 1. The van der Waals surface area contributed by atoms with Gasteiger partial charge in [-0.3, -0.25) is 9.59 Å². The van der Waals surface area contributed by atoms with Crippen molar-refractivity contribution < 1.29 is 9.59 Å². The summed E-state index contributed by atoms with van der Waals surface area (Å²) in [6, 6.07) is 17.5. The summed E-state index contributed by atoms with van der Waals surface area (Å²) in [5, 5.41) is 11.5. The van der Waals surface area contributed by atoms with E-state index in [0.29, 0.717) is 23.5 Å². The molecule has 5 heteroatoms. The third-order valence-electron chi connectivity index (χ3n) is 5.63. The molecule has 1 N–H and O–H groups in total. The molecule has 1 saturated heterocycles. The van der Waals surface area contributed by atoms with Crippen molar-refractivity contribution in [2.24, 2.45) is 5.92 Å². The van der Waals surface area contributed by atoms with Gasteiger partial charge in [0.2, 0.25) is 5.91 Å². The molecule has 0 bridgehead atoms. The van der Waals surface area contributed by atoms with Crippen LogP contribution in [-0.4, -0.2) is 36.9 Å². The maximum atomic E-state index is 12.6. The van der Waals surface area contributed by atoms with Crippen LogP contribution in [0.2, 0.25) is 0 Å². The maximum absolute atomic E-state index is 12.6. The third kappa shape index (κ3) is 5.68. The van der Waals surface area contributed by atoms with Crippen LogP contribution in [0.5, 0.6) is 0 Å². The molecule has 1 fully saturated rings. The van der Waals surface area contributed by atoms with Crippen molar-refractivity contribution in [3.8, 4) is 6.07 Å². The van der Waals surface area contributed by atoms with Gasteiger partial charge in [-0.2, -0.15) is 5.26 Å². The first-order valence-electron chi connectivity index (χ1n) is 10.2. The molecule has 0 spiro atoms. The number of benzene rings is 2. The standard InChI is InChI=1S/C24H27N3O2/c1-26-23(28)11-8-18-2-4-19(5-3-18)16-20-12-14-27(15-13-20)24(29)22-9-6-21(17-25)7-10-22/h2-7,9-10,20H,8,11-16H2,1H3,(H,26,28). The minimum atomic E-state index is 0.0495. The van der Waals surface area contributed by atoms with Gasteiger partial charge in [-0.05, 0) is 67.0 Å². The molecular formula is C24H27N3O2. The molecule has 0 saturated carbocycles. The minimum Gasteiger partial charge on any atom is -0.359 e. The normalized spacial score (nSPS) is 14.3. The Balaban J connectivity index is 1.47. The molecule has 0 aromatic heterocycles. The van der Waals surface area contributed by atoms with Crippen molar-refractivity contribution in [2.75, 3.05) is 20.1 Å². The number of amides is 2. The van der Waals surface area contributed by atoms with Crippen molar-refractivity contribution >= 4 is 11.8 Å². The lowest BCUT2D eigenvalue weighted by atomic mass is 9.89. The molecular weight excluding hydrogens is 362 g/mol. The van der Waals surface area contributed by atoms with E-state index in [1.807, 2.05) is 4.90 Å². The molecule has 2 aromatic rings. The summed E-state index contributed by atoms with van der Waals surface area (Å²) in [4.78, 5) is 25.9. The summed E-state index contributed by atoms with van der Waals surface area (Å²) in [5.74, 6) is 0.696. The minimum absolute atomic E-state index is 0.0495.